The number of rotatable bonds is 4. The quantitative estimate of drug-likeness (QED) is 0.767. The first-order valence-electron chi connectivity index (χ1n) is 4.48. The Morgan fingerprint density at radius 3 is 2.60 bits per heavy atom. The van der Waals surface area contributed by atoms with Crippen LogP contribution in [0.3, 0.4) is 0 Å². The summed E-state index contributed by atoms with van der Waals surface area (Å²) in [6.07, 6.45) is 1.60. The van der Waals surface area contributed by atoms with Gasteiger partial charge in [-0.05, 0) is 30.5 Å². The van der Waals surface area contributed by atoms with Crippen LogP contribution >= 0.6 is 11.6 Å². The van der Waals surface area contributed by atoms with Crippen molar-refractivity contribution >= 4 is 21.7 Å². The average molecular weight is 249 g/mol. The molecule has 0 amide bonds. The zero-order chi connectivity index (χ0) is 11.5. The van der Waals surface area contributed by atoms with Crippen LogP contribution in [0.1, 0.15) is 11.1 Å². The number of hydrogen-bond acceptors (Lipinski definition) is 3. The minimum atomic E-state index is -3.34. The first-order chi connectivity index (χ1) is 6.88. The molecule has 0 fully saturated rings. The molecule has 0 radical (unpaired) electrons. The molecule has 0 aliphatic rings. The van der Waals surface area contributed by atoms with E-state index in [9.17, 15) is 8.42 Å². The highest BCUT2D eigenvalue weighted by Gasteiger charge is 2.02. The molecule has 0 aromatic heterocycles. The fourth-order valence-electron chi connectivity index (χ4n) is 1.17. The van der Waals surface area contributed by atoms with Crippen LogP contribution in [0.25, 0.3) is 0 Å². The molecule has 1 aromatic carbocycles. The summed E-state index contributed by atoms with van der Waals surface area (Å²) in [5.74, 6) is 0. The van der Waals surface area contributed by atoms with E-state index in [1.807, 2.05) is 19.1 Å². The average Bonchev–Trinajstić information content (AvgIpc) is 2.09. The van der Waals surface area contributed by atoms with Crippen LogP contribution in [0.4, 0.5) is 0 Å². The summed E-state index contributed by atoms with van der Waals surface area (Å²) < 4.78 is 26.0. The Bertz CT molecular complexity index is 440. The maximum Gasteiger partial charge on any atom is 0.264 e. The SMILES string of the molecule is Cc1cc(CCOS(C)(=O)=O)ccc1Cl. The van der Waals surface area contributed by atoms with E-state index in [1.54, 1.807) is 6.07 Å². The molecule has 0 heterocycles. The lowest BCUT2D eigenvalue weighted by atomic mass is 10.1. The van der Waals surface area contributed by atoms with E-state index in [2.05, 4.69) is 4.18 Å². The van der Waals surface area contributed by atoms with E-state index in [0.717, 1.165) is 17.4 Å². The minimum Gasteiger partial charge on any atom is -0.270 e. The van der Waals surface area contributed by atoms with Crippen molar-refractivity contribution < 1.29 is 12.6 Å². The van der Waals surface area contributed by atoms with Gasteiger partial charge in [-0.3, -0.25) is 4.18 Å². The van der Waals surface area contributed by atoms with Gasteiger partial charge in [0, 0.05) is 5.02 Å². The van der Waals surface area contributed by atoms with Gasteiger partial charge < -0.3 is 0 Å². The Morgan fingerprint density at radius 2 is 2.07 bits per heavy atom. The third kappa shape index (κ3) is 4.64. The maximum atomic E-state index is 10.7. The number of aryl methyl sites for hydroxylation is 1. The Hall–Kier alpha value is -0.580. The summed E-state index contributed by atoms with van der Waals surface area (Å²) in [5, 5.41) is 0.711. The molecule has 5 heteroatoms. The maximum absolute atomic E-state index is 10.7. The van der Waals surface area contributed by atoms with Gasteiger partial charge in [0.15, 0.2) is 0 Å². The van der Waals surface area contributed by atoms with Crippen molar-refractivity contribution in [3.05, 3.63) is 34.3 Å². The van der Waals surface area contributed by atoms with Crippen molar-refractivity contribution in [2.24, 2.45) is 0 Å². The molecule has 0 spiro atoms. The van der Waals surface area contributed by atoms with Crippen LogP contribution in [-0.2, 0) is 20.7 Å². The van der Waals surface area contributed by atoms with Crippen molar-refractivity contribution in [1.82, 2.24) is 0 Å². The van der Waals surface area contributed by atoms with Crippen LogP contribution in [0.15, 0.2) is 18.2 Å². The fraction of sp³-hybridized carbons (Fsp3) is 0.400. The molecule has 0 saturated carbocycles. The Kier molecular flexibility index (Phi) is 4.13. The molecule has 0 unspecified atom stereocenters. The van der Waals surface area contributed by atoms with Crippen molar-refractivity contribution in [2.75, 3.05) is 12.9 Å². The molecule has 0 N–H and O–H groups in total. The van der Waals surface area contributed by atoms with E-state index in [0.29, 0.717) is 11.4 Å². The molecule has 84 valence electrons. The minimum absolute atomic E-state index is 0.167. The highest BCUT2D eigenvalue weighted by Crippen LogP contribution is 2.16. The first-order valence-corrected chi connectivity index (χ1v) is 6.67. The molecular formula is C10H13ClO3S. The monoisotopic (exact) mass is 248 g/mol. The summed E-state index contributed by atoms with van der Waals surface area (Å²) in [4.78, 5) is 0. The van der Waals surface area contributed by atoms with Crippen LogP contribution in [-0.4, -0.2) is 21.3 Å². The van der Waals surface area contributed by atoms with Gasteiger partial charge in [0.2, 0.25) is 0 Å². The number of halogens is 1. The van der Waals surface area contributed by atoms with Crippen LogP contribution < -0.4 is 0 Å². The van der Waals surface area contributed by atoms with Crippen molar-refractivity contribution in [1.29, 1.82) is 0 Å². The van der Waals surface area contributed by atoms with Crippen molar-refractivity contribution in [3.8, 4) is 0 Å². The highest BCUT2D eigenvalue weighted by molar-refractivity contribution is 7.85. The largest absolute Gasteiger partial charge is 0.270 e. The molecule has 3 nitrogen and oxygen atoms in total. The number of hydrogen-bond donors (Lipinski definition) is 0. The zero-order valence-corrected chi connectivity index (χ0v) is 10.2. The molecule has 0 aliphatic heterocycles. The summed E-state index contributed by atoms with van der Waals surface area (Å²) in [7, 11) is -3.34. The van der Waals surface area contributed by atoms with Crippen LogP contribution in [0.2, 0.25) is 5.02 Å². The molecule has 0 bridgehead atoms. The molecule has 1 aromatic rings. The predicted molar refractivity (Wildman–Crippen MR) is 60.7 cm³/mol. The second-order valence-electron chi connectivity index (χ2n) is 3.36. The Labute approximate surface area is 95.1 Å². The summed E-state index contributed by atoms with van der Waals surface area (Å²) in [5.41, 5.74) is 1.99. The Balaban J connectivity index is 2.55. The second kappa shape index (κ2) is 4.96. The van der Waals surface area contributed by atoms with Crippen molar-refractivity contribution in [3.63, 3.8) is 0 Å². The third-order valence-corrected chi connectivity index (χ3v) is 2.93. The highest BCUT2D eigenvalue weighted by atomic mass is 35.5. The standard InChI is InChI=1S/C10H13ClO3S/c1-8-7-9(3-4-10(8)11)5-6-14-15(2,12)13/h3-4,7H,5-6H2,1-2H3. The van der Waals surface area contributed by atoms with E-state index >= 15 is 0 Å². The molecular weight excluding hydrogens is 236 g/mol. The van der Waals surface area contributed by atoms with Gasteiger partial charge in [-0.2, -0.15) is 8.42 Å². The second-order valence-corrected chi connectivity index (χ2v) is 5.41. The van der Waals surface area contributed by atoms with E-state index in [4.69, 9.17) is 11.6 Å². The summed E-state index contributed by atoms with van der Waals surface area (Å²) in [6, 6.07) is 5.58. The van der Waals surface area contributed by atoms with E-state index < -0.39 is 10.1 Å². The van der Waals surface area contributed by atoms with Gasteiger partial charge in [0.1, 0.15) is 0 Å². The van der Waals surface area contributed by atoms with E-state index in [1.165, 1.54) is 0 Å². The predicted octanol–water partition coefficient (Wildman–Crippen LogP) is 2.17. The molecule has 15 heavy (non-hydrogen) atoms. The lowest BCUT2D eigenvalue weighted by Gasteiger charge is -2.04. The lowest BCUT2D eigenvalue weighted by molar-refractivity contribution is 0.326. The van der Waals surface area contributed by atoms with Gasteiger partial charge in [-0.25, -0.2) is 0 Å². The first kappa shape index (κ1) is 12.5. The van der Waals surface area contributed by atoms with Crippen LogP contribution in [0.5, 0.6) is 0 Å². The van der Waals surface area contributed by atoms with Gasteiger partial charge in [0.25, 0.3) is 10.1 Å². The summed E-state index contributed by atoms with van der Waals surface area (Å²) in [6.45, 7) is 2.07. The van der Waals surface area contributed by atoms with Gasteiger partial charge in [-0.1, -0.05) is 23.7 Å². The van der Waals surface area contributed by atoms with Crippen LogP contribution in [0, 0.1) is 6.92 Å². The van der Waals surface area contributed by atoms with Crippen molar-refractivity contribution in [2.45, 2.75) is 13.3 Å². The molecule has 0 saturated heterocycles. The fourth-order valence-corrected chi connectivity index (χ4v) is 1.68. The van der Waals surface area contributed by atoms with E-state index in [-0.39, 0.29) is 6.61 Å². The normalized spacial score (nSPS) is 11.7. The zero-order valence-electron chi connectivity index (χ0n) is 8.66. The smallest absolute Gasteiger partial charge is 0.264 e. The summed E-state index contributed by atoms with van der Waals surface area (Å²) >= 11 is 5.86. The number of benzene rings is 1. The molecule has 1 rings (SSSR count). The molecule has 0 aliphatic carbocycles. The topological polar surface area (TPSA) is 43.4 Å². The lowest BCUT2D eigenvalue weighted by Crippen LogP contribution is -2.06. The van der Waals surface area contributed by atoms with Gasteiger partial charge in [-0.15, -0.1) is 0 Å². The van der Waals surface area contributed by atoms with Gasteiger partial charge in [0.05, 0.1) is 12.9 Å². The Morgan fingerprint density at radius 1 is 1.40 bits per heavy atom. The third-order valence-electron chi connectivity index (χ3n) is 1.91. The molecule has 0 atom stereocenters. The van der Waals surface area contributed by atoms with Gasteiger partial charge >= 0.3 is 0 Å².